The van der Waals surface area contributed by atoms with Crippen LogP contribution in [0.3, 0.4) is 0 Å². The number of nitrogens with one attached hydrogen (secondary N) is 3. The zero-order chi connectivity index (χ0) is 21.6. The second-order valence-corrected chi connectivity index (χ2v) is 9.89. The maximum absolute atomic E-state index is 13.2. The third kappa shape index (κ3) is 6.25. The van der Waals surface area contributed by atoms with Crippen LogP contribution in [0.2, 0.25) is 0 Å². The van der Waals surface area contributed by atoms with Crippen LogP contribution >= 0.6 is 11.3 Å². The van der Waals surface area contributed by atoms with E-state index >= 15 is 0 Å². The fourth-order valence-electron chi connectivity index (χ4n) is 3.19. The number of carbonyl (C=O) groups is 2. The molecule has 1 aromatic carbocycles. The van der Waals surface area contributed by atoms with Gasteiger partial charge in [0.2, 0.25) is 5.91 Å². The normalized spacial score (nSPS) is 16.8. The summed E-state index contributed by atoms with van der Waals surface area (Å²) in [5.41, 5.74) is 0.353. The number of sulfonamides is 1. The first-order valence-corrected chi connectivity index (χ1v) is 11.8. The number of nitrogens with zero attached hydrogens (tertiary/aromatic N) is 1. The third-order valence-electron chi connectivity index (χ3n) is 4.68. The lowest BCUT2D eigenvalue weighted by molar-refractivity contribution is -0.131. The maximum Gasteiger partial charge on any atom is 0.319 e. The number of benzene rings is 1. The molecule has 3 amide bonds. The number of hydrogen-bond acceptors (Lipinski definition) is 5. The van der Waals surface area contributed by atoms with E-state index < -0.39 is 21.9 Å². The van der Waals surface area contributed by atoms with E-state index in [0.717, 1.165) is 24.2 Å². The number of amides is 3. The summed E-state index contributed by atoms with van der Waals surface area (Å²) in [5, 5.41) is 6.95. The standard InChI is InChI=1S/C19H23FN4O4S2/c20-15-5-1-6-16(10-15)23-19(26)21-11-14-4-2-8-24(13-14)17(25)12-22-30(27,28)18-7-3-9-29-18/h1,3,5-7,9-10,14,22H,2,4,8,11-13H2,(H2,21,23,26). The molecule has 0 radical (unpaired) electrons. The van der Waals surface area contributed by atoms with Crippen LogP contribution in [0.15, 0.2) is 46.0 Å². The van der Waals surface area contributed by atoms with Crippen molar-refractivity contribution in [3.63, 3.8) is 0 Å². The van der Waals surface area contributed by atoms with Crippen molar-refractivity contribution in [1.82, 2.24) is 14.9 Å². The van der Waals surface area contributed by atoms with Gasteiger partial charge in [-0.25, -0.2) is 22.3 Å². The van der Waals surface area contributed by atoms with Crippen LogP contribution in [-0.4, -0.2) is 51.4 Å². The van der Waals surface area contributed by atoms with Gasteiger partial charge in [0, 0.05) is 25.3 Å². The molecule has 2 heterocycles. The Morgan fingerprint density at radius 2 is 2.07 bits per heavy atom. The molecule has 1 saturated heterocycles. The van der Waals surface area contributed by atoms with Gasteiger partial charge >= 0.3 is 6.03 Å². The molecule has 0 aliphatic carbocycles. The minimum atomic E-state index is -3.69. The Balaban J connectivity index is 1.44. The van der Waals surface area contributed by atoms with Gasteiger partial charge in [0.25, 0.3) is 10.0 Å². The largest absolute Gasteiger partial charge is 0.341 e. The molecule has 1 aliphatic heterocycles. The van der Waals surface area contributed by atoms with Gasteiger partial charge in [0.1, 0.15) is 10.0 Å². The van der Waals surface area contributed by atoms with Crippen molar-refractivity contribution in [2.45, 2.75) is 17.1 Å². The van der Waals surface area contributed by atoms with Gasteiger partial charge in [-0.2, -0.15) is 0 Å². The molecule has 1 unspecified atom stereocenters. The SMILES string of the molecule is O=C(NCC1CCCN(C(=O)CNS(=O)(=O)c2cccs2)C1)Nc1cccc(F)c1. The number of halogens is 1. The predicted octanol–water partition coefficient (Wildman–Crippen LogP) is 2.23. The number of likely N-dealkylation sites (tertiary alicyclic amines) is 1. The van der Waals surface area contributed by atoms with Crippen LogP contribution in [-0.2, 0) is 14.8 Å². The number of urea groups is 1. The van der Waals surface area contributed by atoms with Crippen LogP contribution in [0.4, 0.5) is 14.9 Å². The number of anilines is 1. The first kappa shape index (κ1) is 22.2. The van der Waals surface area contributed by atoms with Crippen LogP contribution in [0.5, 0.6) is 0 Å². The molecule has 1 aromatic heterocycles. The van der Waals surface area contributed by atoms with Gasteiger partial charge in [0.05, 0.1) is 6.54 Å². The molecule has 0 spiro atoms. The van der Waals surface area contributed by atoms with Gasteiger partial charge in [0.15, 0.2) is 0 Å². The molecule has 1 atom stereocenters. The summed E-state index contributed by atoms with van der Waals surface area (Å²) >= 11 is 1.09. The van der Waals surface area contributed by atoms with Crippen LogP contribution < -0.4 is 15.4 Å². The highest BCUT2D eigenvalue weighted by atomic mass is 32.2. The van der Waals surface area contributed by atoms with Gasteiger partial charge in [-0.15, -0.1) is 11.3 Å². The van der Waals surface area contributed by atoms with E-state index in [1.54, 1.807) is 22.4 Å². The first-order valence-electron chi connectivity index (χ1n) is 9.45. The Morgan fingerprint density at radius 3 is 2.80 bits per heavy atom. The Hall–Kier alpha value is -2.50. The zero-order valence-electron chi connectivity index (χ0n) is 16.1. The maximum atomic E-state index is 13.2. The summed E-state index contributed by atoms with van der Waals surface area (Å²) in [5.74, 6) is -0.692. The third-order valence-corrected chi connectivity index (χ3v) is 7.48. The molecule has 1 fully saturated rings. The van der Waals surface area contributed by atoms with Crippen molar-refractivity contribution in [2.75, 3.05) is 31.5 Å². The van der Waals surface area contributed by atoms with Gasteiger partial charge < -0.3 is 15.5 Å². The zero-order valence-corrected chi connectivity index (χ0v) is 17.8. The average molecular weight is 455 g/mol. The molecule has 1 aliphatic rings. The second kappa shape index (κ2) is 10.0. The first-order chi connectivity index (χ1) is 14.3. The lowest BCUT2D eigenvalue weighted by Crippen LogP contribution is -2.47. The van der Waals surface area contributed by atoms with Crippen molar-refractivity contribution in [1.29, 1.82) is 0 Å². The molecule has 3 rings (SSSR count). The van der Waals surface area contributed by atoms with E-state index in [1.165, 1.54) is 24.3 Å². The van der Waals surface area contributed by atoms with E-state index in [-0.39, 0.29) is 22.6 Å². The molecular weight excluding hydrogens is 431 g/mol. The molecule has 8 nitrogen and oxygen atoms in total. The molecule has 162 valence electrons. The average Bonchev–Trinajstić information content (AvgIpc) is 3.27. The van der Waals surface area contributed by atoms with Gasteiger partial charge in [-0.3, -0.25) is 4.79 Å². The summed E-state index contributed by atoms with van der Waals surface area (Å²) in [6.07, 6.45) is 1.60. The summed E-state index contributed by atoms with van der Waals surface area (Å²) < 4.78 is 40.0. The molecule has 2 aromatic rings. The predicted molar refractivity (Wildman–Crippen MR) is 112 cm³/mol. The van der Waals surface area contributed by atoms with E-state index in [1.807, 2.05) is 0 Å². The molecule has 0 bridgehead atoms. The number of carbonyl (C=O) groups excluding carboxylic acids is 2. The van der Waals surface area contributed by atoms with Crippen molar-refractivity contribution in [3.8, 4) is 0 Å². The van der Waals surface area contributed by atoms with Gasteiger partial charge in [-0.05, 0) is 48.4 Å². The smallest absolute Gasteiger partial charge is 0.319 e. The molecular formula is C19H23FN4O4S2. The molecule has 30 heavy (non-hydrogen) atoms. The lowest BCUT2D eigenvalue weighted by atomic mass is 9.98. The topological polar surface area (TPSA) is 108 Å². The van der Waals surface area contributed by atoms with E-state index in [4.69, 9.17) is 0 Å². The number of piperidine rings is 1. The van der Waals surface area contributed by atoms with Crippen LogP contribution in [0.25, 0.3) is 0 Å². The highest BCUT2D eigenvalue weighted by molar-refractivity contribution is 7.91. The van der Waals surface area contributed by atoms with E-state index in [0.29, 0.717) is 25.3 Å². The number of thiophene rings is 1. The minimum absolute atomic E-state index is 0.0508. The summed E-state index contributed by atoms with van der Waals surface area (Å²) in [6.45, 7) is 1.03. The molecule has 3 N–H and O–H groups in total. The Kier molecular flexibility index (Phi) is 7.40. The summed E-state index contributed by atoms with van der Waals surface area (Å²) in [4.78, 5) is 26.1. The Morgan fingerprint density at radius 1 is 1.23 bits per heavy atom. The summed E-state index contributed by atoms with van der Waals surface area (Å²) in [6, 6.07) is 8.26. The van der Waals surface area contributed by atoms with Crippen molar-refractivity contribution < 1.29 is 22.4 Å². The van der Waals surface area contributed by atoms with Crippen LogP contribution in [0.1, 0.15) is 12.8 Å². The Labute approximate surface area is 178 Å². The molecule has 0 saturated carbocycles. The second-order valence-electron chi connectivity index (χ2n) is 6.95. The Bertz CT molecular complexity index is 982. The number of hydrogen-bond donors (Lipinski definition) is 3. The van der Waals surface area contributed by atoms with Crippen molar-refractivity contribution in [2.24, 2.45) is 5.92 Å². The number of rotatable bonds is 7. The quantitative estimate of drug-likeness (QED) is 0.596. The monoisotopic (exact) mass is 454 g/mol. The van der Waals surface area contributed by atoms with Gasteiger partial charge in [-0.1, -0.05) is 12.1 Å². The molecule has 11 heteroatoms. The minimum Gasteiger partial charge on any atom is -0.341 e. The van der Waals surface area contributed by atoms with E-state index in [9.17, 15) is 22.4 Å². The van der Waals surface area contributed by atoms with E-state index in [2.05, 4.69) is 15.4 Å². The van der Waals surface area contributed by atoms with Crippen molar-refractivity contribution >= 4 is 39.0 Å². The van der Waals surface area contributed by atoms with Crippen LogP contribution in [0, 0.1) is 11.7 Å². The fourth-order valence-corrected chi connectivity index (χ4v) is 5.20. The highest BCUT2D eigenvalue weighted by Crippen LogP contribution is 2.17. The lowest BCUT2D eigenvalue weighted by Gasteiger charge is -2.33. The summed E-state index contributed by atoms with van der Waals surface area (Å²) in [7, 11) is -3.69. The fraction of sp³-hybridized carbons (Fsp3) is 0.368. The highest BCUT2D eigenvalue weighted by Gasteiger charge is 2.25. The van der Waals surface area contributed by atoms with Crippen molar-refractivity contribution in [3.05, 3.63) is 47.6 Å².